The lowest BCUT2D eigenvalue weighted by molar-refractivity contribution is -0.149. The Morgan fingerprint density at radius 2 is 0.553 bits per heavy atom. The Bertz CT molecular complexity index is 5310. The summed E-state index contributed by atoms with van der Waals surface area (Å²) in [6.07, 6.45) is -0.0810. The molecule has 2 aliphatic rings. The largest absolute Gasteiger partial charge is 0.462 e. The van der Waals surface area contributed by atoms with Crippen LogP contribution in [0.2, 0.25) is 0 Å². The number of rotatable bonds is 28. The second-order valence-electron chi connectivity index (χ2n) is 29.3. The highest BCUT2D eigenvalue weighted by atomic mass is 16.5. The van der Waals surface area contributed by atoms with Crippen LogP contribution in [0.5, 0.6) is 46.0 Å². The molecule has 2 N–H and O–H groups in total. The summed E-state index contributed by atoms with van der Waals surface area (Å²) >= 11 is 0. The first kappa shape index (κ1) is 75.4. The summed E-state index contributed by atoms with van der Waals surface area (Å²) in [7, 11) is 0. The van der Waals surface area contributed by atoms with Gasteiger partial charge in [-0.2, -0.15) is 0 Å². The summed E-state index contributed by atoms with van der Waals surface area (Å²) in [5.41, 5.74) is 7.36. The van der Waals surface area contributed by atoms with Gasteiger partial charge in [0.1, 0.15) is 71.3 Å². The van der Waals surface area contributed by atoms with Gasteiger partial charge in [-0.05, 0) is 156 Å². The minimum atomic E-state index is -1.52. The van der Waals surface area contributed by atoms with E-state index in [4.69, 9.17) is 28.4 Å². The van der Waals surface area contributed by atoms with Gasteiger partial charge in [0.05, 0.1) is 35.3 Å². The molecule has 18 nitrogen and oxygen atoms in total. The number of carbonyl (C=O) groups is 8. The maximum atomic E-state index is 16.5. The first-order valence-corrected chi connectivity index (χ1v) is 37.8. The summed E-state index contributed by atoms with van der Waals surface area (Å²) in [4.78, 5) is 123. The molecule has 0 fully saturated rings. The van der Waals surface area contributed by atoms with Gasteiger partial charge in [0.2, 0.25) is 11.8 Å². The lowest BCUT2D eigenvalue weighted by atomic mass is 9.80. The number of carbonyl (C=O) groups excluding carboxylic acids is 8. The molecule has 2 atom stereocenters. The Kier molecular flexibility index (Phi) is 21.3. The normalized spacial score (nSPS) is 13.0. The zero-order valence-electron chi connectivity index (χ0n) is 63.7. The smallest absolute Gasteiger partial charge is 0.329 e. The van der Waals surface area contributed by atoms with Crippen LogP contribution in [0.1, 0.15) is 95.8 Å². The van der Waals surface area contributed by atoms with Crippen molar-refractivity contribution in [3.05, 3.63) is 289 Å². The number of nitrogens with zero attached hydrogens (tertiary/aromatic N) is 2. The Labute approximate surface area is 658 Å². The van der Waals surface area contributed by atoms with Crippen LogP contribution in [0.3, 0.4) is 0 Å². The second kappa shape index (κ2) is 32.1. The van der Waals surface area contributed by atoms with Crippen molar-refractivity contribution in [3.8, 4) is 90.5 Å². The highest BCUT2D eigenvalue weighted by molar-refractivity contribution is 6.45. The van der Waals surface area contributed by atoms with E-state index in [0.717, 1.165) is 54.3 Å². The molecule has 0 saturated carbocycles. The standard InChI is InChI=1S/C96H80N4O14/c1-55(2)49-75(95(107)109-47-45-97-89(101)57(5)6)99-91(103)71-51-77(111-67-37-29-63(30-38-67)59-21-13-9-14-22-59)83-85-79(113-69-41-33-65(34-42-69)61-25-17-11-18-26-61)53-73-82-74(94(106)100(93(73)105)76(50-56(3)4)96(108)110-48-46-98-90(102)58(7)8)54-80(114-70-43-35-66(36-44-70)62-27-19-12-20-28-62)86(88(82)85)84-78(52-72(92(99)104)81(71)87(83)84)112-68-39-31-64(32-40-68)60-23-15-10-16-24-60/h9-44,51-56,75-76H,5,7,45-50H2,1-4,6,8H3,(H,97,101)(H,98,102). The summed E-state index contributed by atoms with van der Waals surface area (Å²) in [5, 5.41) is 6.90. The van der Waals surface area contributed by atoms with E-state index >= 15 is 19.2 Å². The van der Waals surface area contributed by atoms with E-state index < -0.39 is 59.5 Å². The highest BCUT2D eigenvalue weighted by Gasteiger charge is 2.47. The van der Waals surface area contributed by atoms with Crippen LogP contribution in [-0.2, 0) is 28.7 Å². The molecule has 0 aliphatic carbocycles. The lowest BCUT2D eigenvalue weighted by Gasteiger charge is -2.36. The number of hydrogen-bond donors (Lipinski definition) is 2. The van der Waals surface area contributed by atoms with Crippen LogP contribution >= 0.6 is 0 Å². The summed E-state index contributed by atoms with van der Waals surface area (Å²) in [5.74, 6) is -5.57. The molecular weight excluding hydrogens is 1430 g/mol. The maximum absolute atomic E-state index is 16.5. The molecule has 13 aromatic carbocycles. The van der Waals surface area contributed by atoms with Crippen LogP contribution in [0.25, 0.3) is 87.6 Å². The van der Waals surface area contributed by atoms with Crippen LogP contribution in [0.4, 0.5) is 0 Å². The molecule has 0 aromatic heterocycles. The van der Waals surface area contributed by atoms with Crippen molar-refractivity contribution >= 4 is 90.5 Å². The molecule has 114 heavy (non-hydrogen) atoms. The number of amides is 6. The molecule has 6 amide bonds. The van der Waals surface area contributed by atoms with Crippen molar-refractivity contribution in [2.75, 3.05) is 26.3 Å². The van der Waals surface area contributed by atoms with Gasteiger partial charge < -0.3 is 39.1 Å². The maximum Gasteiger partial charge on any atom is 0.329 e. The quantitative estimate of drug-likeness (QED) is 0.0116. The van der Waals surface area contributed by atoms with Gasteiger partial charge in [-0.3, -0.25) is 38.6 Å². The number of nitrogens with one attached hydrogen (secondary N) is 2. The molecule has 18 heteroatoms. The van der Waals surface area contributed by atoms with Crippen molar-refractivity contribution in [2.45, 2.75) is 66.5 Å². The van der Waals surface area contributed by atoms with E-state index in [2.05, 4.69) is 23.8 Å². The van der Waals surface area contributed by atoms with E-state index in [1.165, 1.54) is 0 Å². The molecule has 13 aromatic rings. The monoisotopic (exact) mass is 1510 g/mol. The number of fused-ring (bicyclic) bond motifs is 2. The molecule has 2 heterocycles. The van der Waals surface area contributed by atoms with Crippen molar-refractivity contribution < 1.29 is 66.8 Å². The van der Waals surface area contributed by atoms with Crippen LogP contribution in [-0.4, -0.2) is 95.6 Å². The third-order valence-corrected chi connectivity index (χ3v) is 20.3. The van der Waals surface area contributed by atoms with E-state index in [-0.39, 0.29) is 150 Å². The summed E-state index contributed by atoms with van der Waals surface area (Å²) in [6.45, 7) is 17.1. The molecule has 568 valence electrons. The average Bonchev–Trinajstić information content (AvgIpc) is 0.670. The predicted molar refractivity (Wildman–Crippen MR) is 441 cm³/mol. The molecule has 2 aliphatic heterocycles. The number of imide groups is 2. The van der Waals surface area contributed by atoms with E-state index in [1.807, 2.05) is 198 Å². The Balaban J connectivity index is 1.06. The van der Waals surface area contributed by atoms with Crippen molar-refractivity contribution in [1.82, 2.24) is 20.4 Å². The summed E-state index contributed by atoms with van der Waals surface area (Å²) in [6, 6.07) is 71.7. The van der Waals surface area contributed by atoms with Crippen LogP contribution in [0.15, 0.2) is 267 Å². The number of benzene rings is 13. The first-order chi connectivity index (χ1) is 55.2. The zero-order valence-corrected chi connectivity index (χ0v) is 63.7. The Morgan fingerprint density at radius 3 is 0.772 bits per heavy atom. The molecule has 0 radical (unpaired) electrons. The fraction of sp³-hybridized carbons (Fsp3) is 0.167. The predicted octanol–water partition coefficient (Wildman–Crippen LogP) is 20.1. The lowest BCUT2D eigenvalue weighted by Crippen LogP contribution is -2.52. The molecular formula is C96H80N4O14. The van der Waals surface area contributed by atoms with Gasteiger partial charge in [0.15, 0.2) is 0 Å². The zero-order chi connectivity index (χ0) is 79.6. The minimum absolute atomic E-state index is 0.0179. The van der Waals surface area contributed by atoms with Crippen molar-refractivity contribution in [2.24, 2.45) is 11.8 Å². The Hall–Kier alpha value is -14.0. The van der Waals surface area contributed by atoms with Crippen LogP contribution < -0.4 is 29.6 Å². The molecule has 15 rings (SSSR count). The second-order valence-corrected chi connectivity index (χ2v) is 29.3. The van der Waals surface area contributed by atoms with Gasteiger partial charge in [0, 0.05) is 54.2 Å². The minimum Gasteiger partial charge on any atom is -0.462 e. The van der Waals surface area contributed by atoms with Gasteiger partial charge in [-0.1, -0.05) is 211 Å². The average molecular weight is 1510 g/mol. The van der Waals surface area contributed by atoms with Gasteiger partial charge in [-0.25, -0.2) is 9.59 Å². The van der Waals surface area contributed by atoms with Crippen LogP contribution in [0, 0.1) is 11.8 Å². The van der Waals surface area contributed by atoms with Gasteiger partial charge >= 0.3 is 11.9 Å². The van der Waals surface area contributed by atoms with Gasteiger partial charge in [-0.15, -0.1) is 0 Å². The van der Waals surface area contributed by atoms with E-state index in [1.54, 1.807) is 86.6 Å². The molecule has 0 saturated heterocycles. The third kappa shape index (κ3) is 15.0. The third-order valence-electron chi connectivity index (χ3n) is 20.3. The first-order valence-electron chi connectivity index (χ1n) is 37.8. The van der Waals surface area contributed by atoms with Crippen molar-refractivity contribution in [1.29, 1.82) is 0 Å². The van der Waals surface area contributed by atoms with Gasteiger partial charge in [0.25, 0.3) is 23.6 Å². The highest BCUT2D eigenvalue weighted by Crippen LogP contribution is 2.58. The number of ether oxygens (including phenoxy) is 6. The fourth-order valence-electron chi connectivity index (χ4n) is 15.0. The molecule has 0 spiro atoms. The van der Waals surface area contributed by atoms with E-state index in [0.29, 0.717) is 23.0 Å². The van der Waals surface area contributed by atoms with Crippen molar-refractivity contribution in [3.63, 3.8) is 0 Å². The van der Waals surface area contributed by atoms with E-state index in [9.17, 15) is 19.2 Å². The molecule has 0 bridgehead atoms. The number of esters is 2. The topological polar surface area (TPSA) is 222 Å². The fourth-order valence-corrected chi connectivity index (χ4v) is 15.0. The number of hydrogen-bond acceptors (Lipinski definition) is 14. The SMILES string of the molecule is C=C(C)C(=O)NCCOC(=O)C(CC(C)C)N1C(=O)c2cc(Oc3ccc(-c4ccccc4)cc3)c3c4c(Oc5ccc(-c6ccccc6)cc5)cc5c6c(cc(Oc7ccc(-c8ccccc8)cc7)c(c7c(Oc8ccc(-c9ccccc9)cc8)cc(c2c37)C1=O)c64)C(=O)N(C(CC(C)C)C(=O)OCCNC(=O)C(=C)C)C5=O. The Morgan fingerprint density at radius 1 is 0.325 bits per heavy atom. The molecule has 2 unspecified atom stereocenters. The summed E-state index contributed by atoms with van der Waals surface area (Å²) < 4.78 is 41.2.